The quantitative estimate of drug-likeness (QED) is 0.0418. The van der Waals surface area contributed by atoms with Gasteiger partial charge in [-0.1, -0.05) is 181 Å². The van der Waals surface area contributed by atoms with Crippen LogP contribution in [-0.4, -0.2) is 39.9 Å². The molecule has 0 saturated carbocycles. The van der Waals surface area contributed by atoms with Crippen LogP contribution in [0.5, 0.6) is 0 Å². The van der Waals surface area contributed by atoms with Crippen molar-refractivity contribution in [2.45, 2.75) is 198 Å². The molecule has 0 aliphatic rings. The van der Waals surface area contributed by atoms with Gasteiger partial charge in [0.05, 0.1) is 5.92 Å². The molecule has 0 amide bonds. The van der Waals surface area contributed by atoms with Gasteiger partial charge in [0.1, 0.15) is 0 Å². The first-order valence-corrected chi connectivity index (χ1v) is 19.0. The summed E-state index contributed by atoms with van der Waals surface area (Å²) in [4.78, 5) is 24.4. The van der Waals surface area contributed by atoms with E-state index in [-0.39, 0.29) is 25.4 Å². The Morgan fingerprint density at radius 1 is 0.535 bits per heavy atom. The molecule has 0 aromatic heterocycles. The van der Waals surface area contributed by atoms with Gasteiger partial charge in [0.25, 0.3) is 10.1 Å². The third kappa shape index (κ3) is 20.5. The molecule has 0 fully saturated rings. The number of hydrogen-bond donors (Lipinski definition) is 4. The smallest absolute Gasteiger partial charge is 0.328 e. The van der Waals surface area contributed by atoms with Gasteiger partial charge >= 0.3 is 11.9 Å². The minimum atomic E-state index is -5.13. The van der Waals surface area contributed by atoms with Crippen LogP contribution in [-0.2, 0) is 19.7 Å². The van der Waals surface area contributed by atoms with Gasteiger partial charge in [-0.25, -0.2) is 0 Å². The second kappa shape index (κ2) is 28.3. The Hall–Kier alpha value is -1.19. The van der Waals surface area contributed by atoms with Gasteiger partial charge in [-0.05, 0) is 12.8 Å². The van der Waals surface area contributed by atoms with E-state index in [4.69, 9.17) is 0 Å². The predicted molar refractivity (Wildman–Crippen MR) is 179 cm³/mol. The number of carbonyl (C=O) groups is 2. The normalized spacial score (nSPS) is 13.7. The van der Waals surface area contributed by atoms with E-state index in [2.05, 4.69) is 13.8 Å². The zero-order chi connectivity index (χ0) is 31.5. The summed E-state index contributed by atoms with van der Waals surface area (Å²) in [6.07, 6.45) is 27.9. The molecule has 0 heterocycles. The van der Waals surface area contributed by atoms with Gasteiger partial charge in [-0.15, -0.1) is 0 Å². The summed E-state index contributed by atoms with van der Waals surface area (Å²) in [7, 11) is -5.13. The molecule has 8 nitrogen and oxygen atoms in total. The zero-order valence-electron chi connectivity index (χ0n) is 28.0. The lowest BCUT2D eigenvalue weighted by atomic mass is 9.82. The molecule has 6 N–H and O–H groups in total. The molecule has 2 unspecified atom stereocenters. The van der Waals surface area contributed by atoms with Crippen LogP contribution in [0.2, 0.25) is 0 Å². The van der Waals surface area contributed by atoms with E-state index < -0.39 is 32.7 Å². The van der Waals surface area contributed by atoms with E-state index in [0.717, 1.165) is 51.4 Å². The summed E-state index contributed by atoms with van der Waals surface area (Å²) in [5.74, 6) is -4.90. The third-order valence-corrected chi connectivity index (χ3v) is 10.5. The predicted octanol–water partition coefficient (Wildman–Crippen LogP) is 10.5. The molecule has 0 aromatic rings. The minimum Gasteiger partial charge on any atom is -0.481 e. The number of carboxylic acid groups (broad SMARTS) is 2. The monoisotopic (exact) mass is 635 g/mol. The van der Waals surface area contributed by atoms with Gasteiger partial charge in [-0.2, -0.15) is 8.42 Å². The Morgan fingerprint density at radius 3 is 1.07 bits per heavy atom. The summed E-state index contributed by atoms with van der Waals surface area (Å²) in [5, 5.41) is 19.8. The molecule has 258 valence electrons. The molecule has 43 heavy (non-hydrogen) atoms. The van der Waals surface area contributed by atoms with Crippen molar-refractivity contribution in [2.75, 3.05) is 0 Å². The lowest BCUT2D eigenvalue weighted by molar-refractivity contribution is -0.152. The number of hydrogen-bond acceptors (Lipinski definition) is 5. The topological polar surface area (TPSA) is 164 Å². The van der Waals surface area contributed by atoms with Crippen molar-refractivity contribution in [3.8, 4) is 0 Å². The zero-order valence-corrected chi connectivity index (χ0v) is 28.8. The van der Waals surface area contributed by atoms with Crippen molar-refractivity contribution in [1.82, 2.24) is 6.15 Å². The van der Waals surface area contributed by atoms with Gasteiger partial charge in [0.15, 0.2) is 0 Å². The standard InChI is InChI=1S/C34H66O7S.H3N/c1-3-5-7-9-11-13-15-17-19-21-23-25-27-29-31(32(35)36)34(33(37)38,42(39,40)41)30-28-26-24-22-20-18-16-14-12-10-8-6-4-2;/h31H,3-30H2,1-2H3,(H,35,36)(H,37,38)(H,39,40,41);1H3. The second-order valence-corrected chi connectivity index (χ2v) is 14.3. The summed E-state index contributed by atoms with van der Waals surface area (Å²) in [5.41, 5.74) is 0. The van der Waals surface area contributed by atoms with Crippen LogP contribution in [0.25, 0.3) is 0 Å². The lowest BCUT2D eigenvalue weighted by Crippen LogP contribution is -2.55. The first-order valence-electron chi connectivity index (χ1n) is 17.6. The fourth-order valence-electron chi connectivity index (χ4n) is 6.18. The van der Waals surface area contributed by atoms with Gasteiger partial charge in [0.2, 0.25) is 4.75 Å². The van der Waals surface area contributed by atoms with Crippen LogP contribution in [0, 0.1) is 5.92 Å². The van der Waals surface area contributed by atoms with Crippen LogP contribution < -0.4 is 6.15 Å². The molecule has 0 aromatic carbocycles. The van der Waals surface area contributed by atoms with Crippen molar-refractivity contribution < 1.29 is 32.8 Å². The highest BCUT2D eigenvalue weighted by Gasteiger charge is 2.58. The van der Waals surface area contributed by atoms with Crippen molar-refractivity contribution in [1.29, 1.82) is 0 Å². The molecule has 0 rings (SSSR count). The molecule has 9 heteroatoms. The van der Waals surface area contributed by atoms with Crippen LogP contribution >= 0.6 is 0 Å². The van der Waals surface area contributed by atoms with Crippen molar-refractivity contribution in [3.63, 3.8) is 0 Å². The lowest BCUT2D eigenvalue weighted by Gasteiger charge is -2.32. The highest BCUT2D eigenvalue weighted by Crippen LogP contribution is 2.37. The molecule has 0 aliphatic carbocycles. The van der Waals surface area contributed by atoms with E-state index in [1.807, 2.05) is 0 Å². The fraction of sp³-hybridized carbons (Fsp3) is 0.941. The molecule has 0 bridgehead atoms. The number of aliphatic carboxylic acids is 2. The molecule has 0 spiro atoms. The maximum Gasteiger partial charge on any atom is 0.328 e. The summed E-state index contributed by atoms with van der Waals surface area (Å²) >= 11 is 0. The Balaban J connectivity index is 0. The van der Waals surface area contributed by atoms with Crippen LogP contribution in [0.15, 0.2) is 0 Å². The average Bonchev–Trinajstić information content (AvgIpc) is 2.93. The maximum atomic E-state index is 12.4. The number of carboxylic acids is 2. The molecule has 2 atom stereocenters. The molecule has 0 radical (unpaired) electrons. The van der Waals surface area contributed by atoms with Gasteiger partial charge in [0, 0.05) is 0 Å². The van der Waals surface area contributed by atoms with E-state index >= 15 is 0 Å². The van der Waals surface area contributed by atoms with Crippen molar-refractivity contribution >= 4 is 22.1 Å². The first kappa shape index (κ1) is 43.9. The van der Waals surface area contributed by atoms with Crippen molar-refractivity contribution in [2.24, 2.45) is 5.92 Å². The van der Waals surface area contributed by atoms with Crippen LogP contribution in [0.3, 0.4) is 0 Å². The average molecular weight is 636 g/mol. The third-order valence-electron chi connectivity index (χ3n) is 8.93. The number of rotatable bonds is 32. The Kier molecular flexibility index (Phi) is 28.9. The first-order chi connectivity index (χ1) is 20.1. The summed E-state index contributed by atoms with van der Waals surface area (Å²) < 4.78 is 32.2. The number of unbranched alkanes of at least 4 members (excludes halogenated alkanes) is 24. The molecular formula is C34H69NO7S. The Bertz CT molecular complexity index is 775. The highest BCUT2D eigenvalue weighted by atomic mass is 32.2. The van der Waals surface area contributed by atoms with E-state index in [1.165, 1.54) is 96.3 Å². The fourth-order valence-corrected chi connectivity index (χ4v) is 7.38. The Morgan fingerprint density at radius 2 is 0.814 bits per heavy atom. The second-order valence-electron chi connectivity index (χ2n) is 12.6. The van der Waals surface area contributed by atoms with Crippen LogP contribution in [0.1, 0.15) is 194 Å². The van der Waals surface area contributed by atoms with E-state index in [9.17, 15) is 32.8 Å². The molecule has 0 saturated heterocycles. The SMILES string of the molecule is CCCCCCCCCCCCCCCC(C(=O)O)C(CCCCCCCCCCCCCCC)(C(=O)O)S(=O)(=O)O.N. The van der Waals surface area contributed by atoms with E-state index in [0.29, 0.717) is 12.8 Å². The summed E-state index contributed by atoms with van der Waals surface area (Å²) in [6.45, 7) is 4.44. The largest absolute Gasteiger partial charge is 0.481 e. The van der Waals surface area contributed by atoms with Gasteiger partial charge < -0.3 is 16.4 Å². The molecular weight excluding hydrogens is 566 g/mol. The molecule has 0 aliphatic heterocycles. The van der Waals surface area contributed by atoms with Crippen molar-refractivity contribution in [3.05, 3.63) is 0 Å². The van der Waals surface area contributed by atoms with Crippen LogP contribution in [0.4, 0.5) is 0 Å². The minimum absolute atomic E-state index is 0. The Labute approximate surface area is 264 Å². The van der Waals surface area contributed by atoms with E-state index in [1.54, 1.807) is 0 Å². The van der Waals surface area contributed by atoms with Gasteiger partial charge in [-0.3, -0.25) is 14.1 Å². The maximum absolute atomic E-state index is 12.4. The summed E-state index contributed by atoms with van der Waals surface area (Å²) in [6, 6.07) is 0. The highest BCUT2D eigenvalue weighted by molar-refractivity contribution is 7.88.